The summed E-state index contributed by atoms with van der Waals surface area (Å²) in [7, 11) is 0. The van der Waals surface area contributed by atoms with Crippen LogP contribution in [0.4, 0.5) is 0 Å². The van der Waals surface area contributed by atoms with E-state index in [0.29, 0.717) is 6.42 Å². The number of hydrogen-bond acceptors (Lipinski definition) is 1. The van der Waals surface area contributed by atoms with E-state index in [1.54, 1.807) is 0 Å². The highest BCUT2D eigenvalue weighted by atomic mass is 16.1. The smallest absolute Gasteiger partial charge is 0.224 e. The number of aryl methyl sites for hydroxylation is 2. The topological polar surface area (TPSA) is 29.1 Å². The minimum Gasteiger partial charge on any atom is -0.349 e. The highest BCUT2D eigenvalue weighted by molar-refractivity contribution is 5.79. The molecule has 2 aromatic rings. The summed E-state index contributed by atoms with van der Waals surface area (Å²) in [5, 5.41) is 3.04. The standard InChI is InChI=1S/C18H21NO/c1-13-9-10-16(11-14(13)2)12-18(20)19-15(3)17-7-5-4-6-8-17/h4-11,15H,12H2,1-3H3,(H,19,20)/t15-/m1/s1. The Morgan fingerprint density at radius 1 is 1.05 bits per heavy atom. The summed E-state index contributed by atoms with van der Waals surface area (Å²) >= 11 is 0. The van der Waals surface area contributed by atoms with Crippen molar-refractivity contribution in [1.82, 2.24) is 5.32 Å². The van der Waals surface area contributed by atoms with Crippen molar-refractivity contribution in [3.8, 4) is 0 Å². The molecule has 0 spiro atoms. The Kier molecular flexibility index (Phi) is 4.57. The monoisotopic (exact) mass is 267 g/mol. The fourth-order valence-electron chi connectivity index (χ4n) is 2.22. The SMILES string of the molecule is Cc1ccc(CC(=O)N[C@H](C)c2ccccc2)cc1C. The number of hydrogen-bond donors (Lipinski definition) is 1. The van der Waals surface area contributed by atoms with Crippen LogP contribution < -0.4 is 5.32 Å². The zero-order valence-corrected chi connectivity index (χ0v) is 12.3. The summed E-state index contributed by atoms with van der Waals surface area (Å²) in [5.74, 6) is 0.0598. The van der Waals surface area contributed by atoms with E-state index in [2.05, 4.69) is 31.3 Å². The molecule has 20 heavy (non-hydrogen) atoms. The summed E-state index contributed by atoms with van der Waals surface area (Å²) in [5.41, 5.74) is 4.67. The van der Waals surface area contributed by atoms with Crippen molar-refractivity contribution in [2.45, 2.75) is 33.2 Å². The fraction of sp³-hybridized carbons (Fsp3) is 0.278. The van der Waals surface area contributed by atoms with Crippen LogP contribution in [-0.4, -0.2) is 5.91 Å². The van der Waals surface area contributed by atoms with Crippen LogP contribution >= 0.6 is 0 Å². The molecule has 2 rings (SSSR count). The van der Waals surface area contributed by atoms with Crippen molar-refractivity contribution in [2.24, 2.45) is 0 Å². The van der Waals surface area contributed by atoms with Gasteiger partial charge in [-0.05, 0) is 43.0 Å². The second-order valence-electron chi connectivity index (χ2n) is 5.30. The van der Waals surface area contributed by atoms with Gasteiger partial charge in [-0.25, -0.2) is 0 Å². The van der Waals surface area contributed by atoms with Gasteiger partial charge in [0.15, 0.2) is 0 Å². The first-order valence-electron chi connectivity index (χ1n) is 6.96. The summed E-state index contributed by atoms with van der Waals surface area (Å²) < 4.78 is 0. The molecule has 0 heterocycles. The molecule has 0 aliphatic heterocycles. The maximum Gasteiger partial charge on any atom is 0.224 e. The molecular weight excluding hydrogens is 246 g/mol. The Bertz CT molecular complexity index is 590. The van der Waals surface area contributed by atoms with Gasteiger partial charge in [0.2, 0.25) is 5.91 Å². The third-order valence-electron chi connectivity index (χ3n) is 3.61. The van der Waals surface area contributed by atoms with Crippen LogP contribution in [0.3, 0.4) is 0 Å². The van der Waals surface area contributed by atoms with Crippen molar-refractivity contribution in [2.75, 3.05) is 0 Å². The molecule has 0 saturated carbocycles. The van der Waals surface area contributed by atoms with Crippen LogP contribution in [0.25, 0.3) is 0 Å². The lowest BCUT2D eigenvalue weighted by molar-refractivity contribution is -0.121. The molecule has 0 fully saturated rings. The van der Waals surface area contributed by atoms with Crippen molar-refractivity contribution >= 4 is 5.91 Å². The molecule has 0 aliphatic rings. The van der Waals surface area contributed by atoms with Gasteiger partial charge in [-0.15, -0.1) is 0 Å². The normalized spacial score (nSPS) is 11.9. The molecule has 2 nitrogen and oxygen atoms in total. The zero-order valence-electron chi connectivity index (χ0n) is 12.3. The second kappa shape index (κ2) is 6.38. The predicted molar refractivity (Wildman–Crippen MR) is 82.6 cm³/mol. The third kappa shape index (κ3) is 3.70. The minimum absolute atomic E-state index is 0.0373. The molecule has 0 saturated heterocycles. The molecule has 0 radical (unpaired) electrons. The van der Waals surface area contributed by atoms with E-state index in [4.69, 9.17) is 0 Å². The summed E-state index contributed by atoms with van der Waals surface area (Å²) in [6.45, 7) is 6.16. The molecule has 2 aromatic carbocycles. The lowest BCUT2D eigenvalue weighted by Gasteiger charge is -2.14. The van der Waals surface area contributed by atoms with Crippen molar-refractivity contribution in [3.05, 3.63) is 70.8 Å². The first-order chi connectivity index (χ1) is 9.56. The van der Waals surface area contributed by atoms with Crippen molar-refractivity contribution < 1.29 is 4.79 Å². The van der Waals surface area contributed by atoms with E-state index in [0.717, 1.165) is 11.1 Å². The average Bonchev–Trinajstić information content (AvgIpc) is 2.44. The van der Waals surface area contributed by atoms with Crippen LogP contribution in [0, 0.1) is 13.8 Å². The Morgan fingerprint density at radius 2 is 1.75 bits per heavy atom. The first-order valence-corrected chi connectivity index (χ1v) is 6.96. The first kappa shape index (κ1) is 14.3. The highest BCUT2D eigenvalue weighted by Gasteiger charge is 2.10. The van der Waals surface area contributed by atoms with E-state index in [9.17, 15) is 4.79 Å². The summed E-state index contributed by atoms with van der Waals surface area (Å²) in [6.07, 6.45) is 0.429. The molecule has 2 heteroatoms. The van der Waals surface area contributed by atoms with Crippen LogP contribution in [0.2, 0.25) is 0 Å². The lowest BCUT2D eigenvalue weighted by atomic mass is 10.0. The molecule has 0 aliphatic carbocycles. The second-order valence-corrected chi connectivity index (χ2v) is 5.30. The van der Waals surface area contributed by atoms with Gasteiger partial charge >= 0.3 is 0 Å². The number of nitrogens with one attached hydrogen (secondary N) is 1. The van der Waals surface area contributed by atoms with Gasteiger partial charge in [-0.3, -0.25) is 4.79 Å². The van der Waals surface area contributed by atoms with Gasteiger partial charge in [-0.1, -0.05) is 48.5 Å². The Morgan fingerprint density at radius 3 is 2.40 bits per heavy atom. The van der Waals surface area contributed by atoms with Crippen LogP contribution in [0.15, 0.2) is 48.5 Å². The van der Waals surface area contributed by atoms with Gasteiger partial charge in [-0.2, -0.15) is 0 Å². The molecule has 0 aromatic heterocycles. The van der Waals surface area contributed by atoms with E-state index >= 15 is 0 Å². The number of carbonyl (C=O) groups is 1. The fourth-order valence-corrected chi connectivity index (χ4v) is 2.22. The van der Waals surface area contributed by atoms with Crippen LogP contribution in [0.5, 0.6) is 0 Å². The van der Waals surface area contributed by atoms with Crippen molar-refractivity contribution in [3.63, 3.8) is 0 Å². The molecular formula is C18H21NO. The summed E-state index contributed by atoms with van der Waals surface area (Å²) in [6, 6.07) is 16.2. The van der Waals surface area contributed by atoms with Gasteiger partial charge < -0.3 is 5.32 Å². The molecule has 1 N–H and O–H groups in total. The van der Waals surface area contributed by atoms with E-state index in [-0.39, 0.29) is 11.9 Å². The highest BCUT2D eigenvalue weighted by Crippen LogP contribution is 2.13. The van der Waals surface area contributed by atoms with E-state index < -0.39 is 0 Å². The Balaban J connectivity index is 1.97. The van der Waals surface area contributed by atoms with Gasteiger partial charge in [0.25, 0.3) is 0 Å². The Labute approximate surface area is 120 Å². The quantitative estimate of drug-likeness (QED) is 0.898. The van der Waals surface area contributed by atoms with E-state index in [1.807, 2.05) is 43.3 Å². The molecule has 104 valence electrons. The zero-order chi connectivity index (χ0) is 14.5. The molecule has 1 atom stereocenters. The van der Waals surface area contributed by atoms with Crippen LogP contribution in [-0.2, 0) is 11.2 Å². The Hall–Kier alpha value is -2.09. The molecule has 0 bridgehead atoms. The average molecular weight is 267 g/mol. The van der Waals surface area contributed by atoms with Crippen molar-refractivity contribution in [1.29, 1.82) is 0 Å². The van der Waals surface area contributed by atoms with Crippen LogP contribution in [0.1, 0.15) is 35.2 Å². The largest absolute Gasteiger partial charge is 0.349 e. The third-order valence-corrected chi connectivity index (χ3v) is 3.61. The predicted octanol–water partition coefficient (Wildman–Crippen LogP) is 3.72. The maximum atomic E-state index is 12.1. The molecule has 1 amide bonds. The number of benzene rings is 2. The van der Waals surface area contributed by atoms with E-state index in [1.165, 1.54) is 11.1 Å². The summed E-state index contributed by atoms with van der Waals surface area (Å²) in [4.78, 5) is 12.1. The number of rotatable bonds is 4. The minimum atomic E-state index is 0.0373. The maximum absolute atomic E-state index is 12.1. The van der Waals surface area contributed by atoms with Gasteiger partial charge in [0.05, 0.1) is 12.5 Å². The lowest BCUT2D eigenvalue weighted by Crippen LogP contribution is -2.28. The van der Waals surface area contributed by atoms with Gasteiger partial charge in [0, 0.05) is 0 Å². The van der Waals surface area contributed by atoms with Gasteiger partial charge in [0.1, 0.15) is 0 Å². The number of amides is 1. The number of carbonyl (C=O) groups excluding carboxylic acids is 1. The molecule has 0 unspecified atom stereocenters.